The molecule has 1 saturated heterocycles. The molecular weight excluding hydrogens is 389 g/mol. The first-order chi connectivity index (χ1) is 11.7. The number of halogens is 2. The van der Waals surface area contributed by atoms with Crippen molar-refractivity contribution < 1.29 is 13.9 Å². The SMILES string of the molecule is CC(C)(C)OC(=O)N1CCCC1c1nc(-c2ccc(Br)c(F)c2)c[nH]1. The lowest BCUT2D eigenvalue weighted by Gasteiger charge is -2.27. The van der Waals surface area contributed by atoms with Gasteiger partial charge in [0.1, 0.15) is 17.2 Å². The highest BCUT2D eigenvalue weighted by Crippen LogP contribution is 2.33. The molecule has 3 rings (SSSR count). The Morgan fingerprint density at radius 2 is 2.20 bits per heavy atom. The van der Waals surface area contributed by atoms with Crippen LogP contribution in [0.25, 0.3) is 11.3 Å². The molecule has 25 heavy (non-hydrogen) atoms. The van der Waals surface area contributed by atoms with Crippen LogP contribution in [0.2, 0.25) is 0 Å². The highest BCUT2D eigenvalue weighted by atomic mass is 79.9. The molecule has 1 N–H and O–H groups in total. The number of ether oxygens (including phenoxy) is 1. The lowest BCUT2D eigenvalue weighted by atomic mass is 10.1. The van der Waals surface area contributed by atoms with E-state index in [0.29, 0.717) is 28.1 Å². The van der Waals surface area contributed by atoms with Crippen LogP contribution in [0.3, 0.4) is 0 Å². The van der Waals surface area contributed by atoms with E-state index in [4.69, 9.17) is 4.74 Å². The third-order valence-corrected chi connectivity index (χ3v) is 4.65. The van der Waals surface area contributed by atoms with Crippen LogP contribution in [0, 0.1) is 5.82 Å². The number of nitrogens with one attached hydrogen (secondary N) is 1. The molecule has 2 aromatic rings. The molecule has 1 aliphatic rings. The summed E-state index contributed by atoms with van der Waals surface area (Å²) < 4.78 is 19.6. The maximum atomic E-state index is 13.7. The second-order valence-corrected chi connectivity index (χ2v) is 7.99. The summed E-state index contributed by atoms with van der Waals surface area (Å²) >= 11 is 3.15. The maximum Gasteiger partial charge on any atom is 0.410 e. The summed E-state index contributed by atoms with van der Waals surface area (Å²) in [5.41, 5.74) is 0.801. The lowest BCUT2D eigenvalue weighted by Crippen LogP contribution is -2.36. The van der Waals surface area contributed by atoms with Crippen molar-refractivity contribution in [3.05, 3.63) is 40.5 Å². The number of carbonyl (C=O) groups is 1. The fraction of sp³-hybridized carbons (Fsp3) is 0.444. The van der Waals surface area contributed by atoms with Crippen molar-refractivity contribution in [1.82, 2.24) is 14.9 Å². The van der Waals surface area contributed by atoms with Gasteiger partial charge in [-0.1, -0.05) is 6.07 Å². The molecule has 0 saturated carbocycles. The van der Waals surface area contributed by atoms with E-state index in [1.54, 1.807) is 23.2 Å². The molecular formula is C18H21BrFN3O2. The average molecular weight is 410 g/mol. The molecule has 134 valence electrons. The molecule has 1 aromatic heterocycles. The Labute approximate surface area is 154 Å². The Kier molecular flexibility index (Phi) is 4.86. The summed E-state index contributed by atoms with van der Waals surface area (Å²) in [4.78, 5) is 21.8. The van der Waals surface area contributed by atoms with Gasteiger partial charge in [-0.3, -0.25) is 4.90 Å². The number of amides is 1. The van der Waals surface area contributed by atoms with Crippen LogP contribution in [-0.4, -0.2) is 33.1 Å². The summed E-state index contributed by atoms with van der Waals surface area (Å²) in [6.45, 7) is 6.19. The lowest BCUT2D eigenvalue weighted by molar-refractivity contribution is 0.0219. The highest BCUT2D eigenvalue weighted by Gasteiger charge is 2.34. The van der Waals surface area contributed by atoms with Crippen molar-refractivity contribution in [2.24, 2.45) is 0 Å². The number of rotatable bonds is 2. The van der Waals surface area contributed by atoms with Gasteiger partial charge in [-0.15, -0.1) is 0 Å². The second kappa shape index (κ2) is 6.78. The van der Waals surface area contributed by atoms with Gasteiger partial charge >= 0.3 is 6.09 Å². The minimum absolute atomic E-state index is 0.149. The van der Waals surface area contributed by atoms with Crippen LogP contribution >= 0.6 is 15.9 Å². The van der Waals surface area contributed by atoms with Crippen LogP contribution in [0.1, 0.15) is 45.5 Å². The summed E-state index contributed by atoms with van der Waals surface area (Å²) in [6, 6.07) is 4.74. The predicted octanol–water partition coefficient (Wildman–Crippen LogP) is 5.05. The summed E-state index contributed by atoms with van der Waals surface area (Å²) in [5.74, 6) is 0.361. The van der Waals surface area contributed by atoms with E-state index in [2.05, 4.69) is 25.9 Å². The van der Waals surface area contributed by atoms with Gasteiger partial charge in [-0.05, 0) is 61.7 Å². The number of hydrogen-bond donors (Lipinski definition) is 1. The molecule has 1 amide bonds. The highest BCUT2D eigenvalue weighted by molar-refractivity contribution is 9.10. The summed E-state index contributed by atoms with van der Waals surface area (Å²) in [5, 5.41) is 0. The number of nitrogens with zero attached hydrogens (tertiary/aromatic N) is 2. The van der Waals surface area contributed by atoms with Gasteiger partial charge in [0, 0.05) is 18.3 Å². The molecule has 1 fully saturated rings. The fourth-order valence-electron chi connectivity index (χ4n) is 2.90. The zero-order valence-electron chi connectivity index (χ0n) is 14.5. The molecule has 1 aliphatic heterocycles. The van der Waals surface area contributed by atoms with Crippen LogP contribution in [-0.2, 0) is 4.74 Å². The van der Waals surface area contributed by atoms with Crippen molar-refractivity contribution in [1.29, 1.82) is 0 Å². The number of H-pyrrole nitrogens is 1. The Bertz CT molecular complexity index is 785. The zero-order chi connectivity index (χ0) is 18.2. The van der Waals surface area contributed by atoms with Crippen LogP contribution in [0.5, 0.6) is 0 Å². The normalized spacial score (nSPS) is 17.8. The van der Waals surface area contributed by atoms with Crippen LogP contribution in [0.4, 0.5) is 9.18 Å². The average Bonchev–Trinajstić information content (AvgIpc) is 3.16. The number of benzene rings is 1. The van der Waals surface area contributed by atoms with E-state index >= 15 is 0 Å². The minimum atomic E-state index is -0.534. The molecule has 0 aliphatic carbocycles. The molecule has 0 radical (unpaired) electrons. The molecule has 7 heteroatoms. The van der Waals surface area contributed by atoms with Crippen molar-refractivity contribution in [2.75, 3.05) is 6.54 Å². The van der Waals surface area contributed by atoms with Gasteiger partial charge in [0.2, 0.25) is 0 Å². The van der Waals surface area contributed by atoms with Gasteiger partial charge < -0.3 is 9.72 Å². The number of aromatic nitrogens is 2. The van der Waals surface area contributed by atoms with E-state index in [9.17, 15) is 9.18 Å². The Morgan fingerprint density at radius 3 is 2.88 bits per heavy atom. The van der Waals surface area contributed by atoms with E-state index < -0.39 is 5.60 Å². The number of hydrogen-bond acceptors (Lipinski definition) is 3. The standard InChI is InChI=1S/C18H21BrFN3O2/c1-18(2,3)25-17(24)23-8-4-5-15(23)16-21-10-14(22-16)11-6-7-12(19)13(20)9-11/h6-7,9-10,15H,4-5,8H2,1-3H3,(H,21,22). The predicted molar refractivity (Wildman–Crippen MR) is 96.6 cm³/mol. The largest absolute Gasteiger partial charge is 0.444 e. The Balaban J connectivity index is 1.81. The van der Waals surface area contributed by atoms with Gasteiger partial charge in [-0.25, -0.2) is 14.2 Å². The van der Waals surface area contributed by atoms with E-state index in [0.717, 1.165) is 12.8 Å². The Morgan fingerprint density at radius 1 is 1.44 bits per heavy atom. The zero-order valence-corrected chi connectivity index (χ0v) is 16.1. The van der Waals surface area contributed by atoms with Gasteiger partial charge in [0.15, 0.2) is 0 Å². The van der Waals surface area contributed by atoms with E-state index in [-0.39, 0.29) is 18.0 Å². The summed E-state index contributed by atoms with van der Waals surface area (Å²) in [6.07, 6.45) is 3.12. The molecule has 5 nitrogen and oxygen atoms in total. The van der Waals surface area contributed by atoms with Crippen LogP contribution in [0.15, 0.2) is 28.9 Å². The van der Waals surface area contributed by atoms with Crippen molar-refractivity contribution in [3.8, 4) is 11.3 Å². The van der Waals surface area contributed by atoms with Crippen molar-refractivity contribution in [2.45, 2.75) is 45.3 Å². The van der Waals surface area contributed by atoms with Gasteiger partial charge in [0.05, 0.1) is 16.2 Å². The molecule has 1 unspecified atom stereocenters. The first-order valence-corrected chi connectivity index (χ1v) is 9.04. The quantitative estimate of drug-likeness (QED) is 0.754. The second-order valence-electron chi connectivity index (χ2n) is 7.13. The first kappa shape index (κ1) is 17.9. The molecule has 1 aromatic carbocycles. The fourth-order valence-corrected chi connectivity index (χ4v) is 3.15. The topological polar surface area (TPSA) is 58.2 Å². The first-order valence-electron chi connectivity index (χ1n) is 8.25. The van der Waals surface area contributed by atoms with Gasteiger partial charge in [-0.2, -0.15) is 0 Å². The van der Waals surface area contributed by atoms with E-state index in [1.807, 2.05) is 20.8 Å². The Hall–Kier alpha value is -1.89. The van der Waals surface area contributed by atoms with E-state index in [1.165, 1.54) is 6.07 Å². The number of aromatic amines is 1. The third kappa shape index (κ3) is 4.03. The van der Waals surface area contributed by atoms with Crippen molar-refractivity contribution in [3.63, 3.8) is 0 Å². The number of carbonyl (C=O) groups excluding carboxylic acids is 1. The van der Waals surface area contributed by atoms with Crippen LogP contribution < -0.4 is 0 Å². The monoisotopic (exact) mass is 409 g/mol. The maximum absolute atomic E-state index is 13.7. The smallest absolute Gasteiger partial charge is 0.410 e. The molecule has 0 spiro atoms. The molecule has 2 heterocycles. The molecule has 0 bridgehead atoms. The summed E-state index contributed by atoms with van der Waals surface area (Å²) in [7, 11) is 0. The third-order valence-electron chi connectivity index (χ3n) is 4.01. The number of imidazole rings is 1. The minimum Gasteiger partial charge on any atom is -0.444 e. The molecule has 1 atom stereocenters. The van der Waals surface area contributed by atoms with Gasteiger partial charge in [0.25, 0.3) is 0 Å². The van der Waals surface area contributed by atoms with Crippen molar-refractivity contribution >= 4 is 22.0 Å². The number of likely N-dealkylation sites (tertiary alicyclic amines) is 1.